The lowest BCUT2D eigenvalue weighted by Crippen LogP contribution is -1.94. The molecule has 0 aliphatic carbocycles. The van der Waals surface area contributed by atoms with Crippen molar-refractivity contribution < 1.29 is 5.21 Å². The smallest absolute Gasteiger partial charge is 0.0837 e. The van der Waals surface area contributed by atoms with E-state index >= 15 is 0 Å². The average molecular weight is 238 g/mol. The molecule has 3 nitrogen and oxygen atoms in total. The third kappa shape index (κ3) is 1.40. The van der Waals surface area contributed by atoms with Crippen molar-refractivity contribution in [3.05, 3.63) is 48.0 Å². The number of oxime groups is 1. The van der Waals surface area contributed by atoms with Gasteiger partial charge in [-0.05, 0) is 30.7 Å². The van der Waals surface area contributed by atoms with Gasteiger partial charge in [-0.15, -0.1) is 0 Å². The van der Waals surface area contributed by atoms with E-state index in [1.807, 2.05) is 18.2 Å². The molecule has 18 heavy (non-hydrogen) atoms. The van der Waals surface area contributed by atoms with Crippen molar-refractivity contribution in [1.82, 2.24) is 4.57 Å². The second kappa shape index (κ2) is 3.88. The average Bonchev–Trinajstić information content (AvgIpc) is 2.72. The van der Waals surface area contributed by atoms with Crippen molar-refractivity contribution in [3.8, 4) is 0 Å². The lowest BCUT2D eigenvalue weighted by molar-refractivity contribution is 0.319. The van der Waals surface area contributed by atoms with E-state index in [9.17, 15) is 0 Å². The van der Waals surface area contributed by atoms with Gasteiger partial charge in [-0.25, -0.2) is 0 Å². The molecule has 3 rings (SSSR count). The Labute approximate surface area is 105 Å². The molecule has 0 saturated heterocycles. The molecule has 0 saturated carbocycles. The van der Waals surface area contributed by atoms with Crippen LogP contribution >= 0.6 is 0 Å². The summed E-state index contributed by atoms with van der Waals surface area (Å²) < 4.78 is 2.18. The highest BCUT2D eigenvalue weighted by Crippen LogP contribution is 2.28. The summed E-state index contributed by atoms with van der Waals surface area (Å²) in [5.41, 5.74) is 3.97. The van der Waals surface area contributed by atoms with E-state index in [2.05, 4.69) is 41.0 Å². The minimum atomic E-state index is 0.629. The molecule has 0 fully saturated rings. The molecular formula is C15H14N2O. The van der Waals surface area contributed by atoms with Crippen LogP contribution in [0.25, 0.3) is 21.8 Å². The van der Waals surface area contributed by atoms with Crippen molar-refractivity contribution in [2.75, 3.05) is 0 Å². The van der Waals surface area contributed by atoms with Gasteiger partial charge in [-0.2, -0.15) is 0 Å². The first kappa shape index (κ1) is 10.8. The first-order valence-electron chi connectivity index (χ1n) is 5.88. The number of benzene rings is 2. The Bertz CT molecular complexity index is 769. The number of rotatable bonds is 1. The van der Waals surface area contributed by atoms with Crippen molar-refractivity contribution in [1.29, 1.82) is 0 Å². The topological polar surface area (TPSA) is 37.5 Å². The molecule has 0 spiro atoms. The van der Waals surface area contributed by atoms with Gasteiger partial charge in [0.2, 0.25) is 0 Å². The first-order chi connectivity index (χ1) is 8.72. The lowest BCUT2D eigenvalue weighted by atomic mass is 10.1. The van der Waals surface area contributed by atoms with Gasteiger partial charge in [-0.3, -0.25) is 0 Å². The molecule has 0 amide bonds. The molecule has 0 aliphatic rings. The predicted molar refractivity (Wildman–Crippen MR) is 74.4 cm³/mol. The quantitative estimate of drug-likeness (QED) is 0.393. The summed E-state index contributed by atoms with van der Waals surface area (Å²) in [5, 5.41) is 14.5. The molecule has 0 unspecified atom stereocenters. The number of aryl methyl sites for hydroxylation is 1. The minimum absolute atomic E-state index is 0.629. The maximum atomic E-state index is 8.86. The standard InChI is InChI=1S/C15H14N2O/c1-10(16-18)11-7-8-15-13(9-11)12-5-3-4-6-14(12)17(15)2/h3-9,18H,1-2H3. The highest BCUT2D eigenvalue weighted by atomic mass is 16.4. The van der Waals surface area contributed by atoms with Crippen LogP contribution < -0.4 is 0 Å². The van der Waals surface area contributed by atoms with Gasteiger partial charge < -0.3 is 9.77 Å². The van der Waals surface area contributed by atoms with Gasteiger partial charge >= 0.3 is 0 Å². The second-order valence-corrected chi connectivity index (χ2v) is 4.49. The van der Waals surface area contributed by atoms with Crippen molar-refractivity contribution >= 4 is 27.5 Å². The van der Waals surface area contributed by atoms with Crippen LogP contribution in [-0.2, 0) is 7.05 Å². The van der Waals surface area contributed by atoms with Crippen LogP contribution in [0.1, 0.15) is 12.5 Å². The van der Waals surface area contributed by atoms with E-state index in [1.165, 1.54) is 21.8 Å². The lowest BCUT2D eigenvalue weighted by Gasteiger charge is -2.00. The minimum Gasteiger partial charge on any atom is -0.411 e. The van der Waals surface area contributed by atoms with E-state index in [-0.39, 0.29) is 0 Å². The zero-order chi connectivity index (χ0) is 12.7. The molecular weight excluding hydrogens is 224 g/mol. The van der Waals surface area contributed by atoms with Crippen LogP contribution in [0.2, 0.25) is 0 Å². The van der Waals surface area contributed by atoms with Crippen molar-refractivity contribution in [2.24, 2.45) is 12.2 Å². The molecule has 1 heterocycles. The van der Waals surface area contributed by atoms with E-state index in [4.69, 9.17) is 5.21 Å². The Morgan fingerprint density at radius 3 is 2.56 bits per heavy atom. The van der Waals surface area contributed by atoms with Crippen LogP contribution in [0, 0.1) is 0 Å². The fraction of sp³-hybridized carbons (Fsp3) is 0.133. The van der Waals surface area contributed by atoms with Crippen LogP contribution in [-0.4, -0.2) is 15.5 Å². The summed E-state index contributed by atoms with van der Waals surface area (Å²) >= 11 is 0. The summed E-state index contributed by atoms with van der Waals surface area (Å²) in [5.74, 6) is 0. The molecule has 3 aromatic rings. The van der Waals surface area contributed by atoms with Gasteiger partial charge in [0, 0.05) is 28.9 Å². The molecule has 0 aliphatic heterocycles. The largest absolute Gasteiger partial charge is 0.411 e. The Morgan fingerprint density at radius 1 is 1.06 bits per heavy atom. The number of para-hydroxylation sites is 1. The summed E-state index contributed by atoms with van der Waals surface area (Å²) in [6.07, 6.45) is 0. The van der Waals surface area contributed by atoms with Crippen LogP contribution in [0.4, 0.5) is 0 Å². The molecule has 1 N–H and O–H groups in total. The second-order valence-electron chi connectivity index (χ2n) is 4.49. The summed E-state index contributed by atoms with van der Waals surface area (Å²) in [7, 11) is 2.07. The fourth-order valence-corrected chi connectivity index (χ4v) is 2.45. The van der Waals surface area contributed by atoms with E-state index in [0.717, 1.165) is 5.56 Å². The first-order valence-corrected chi connectivity index (χ1v) is 5.88. The van der Waals surface area contributed by atoms with Gasteiger partial charge in [0.1, 0.15) is 0 Å². The molecule has 90 valence electrons. The van der Waals surface area contributed by atoms with Gasteiger partial charge in [0.05, 0.1) is 5.71 Å². The van der Waals surface area contributed by atoms with E-state index < -0.39 is 0 Å². The Hall–Kier alpha value is -2.29. The van der Waals surface area contributed by atoms with Gasteiger partial charge in [0.15, 0.2) is 0 Å². The number of fused-ring (bicyclic) bond motifs is 3. The SMILES string of the molecule is CC(=NO)c1ccc2c(c1)c1ccccc1n2C. The highest BCUT2D eigenvalue weighted by Gasteiger charge is 2.08. The van der Waals surface area contributed by atoms with Crippen LogP contribution in [0.5, 0.6) is 0 Å². The van der Waals surface area contributed by atoms with E-state index in [1.54, 1.807) is 6.92 Å². The van der Waals surface area contributed by atoms with Crippen molar-refractivity contribution in [2.45, 2.75) is 6.92 Å². The fourth-order valence-electron chi connectivity index (χ4n) is 2.45. The van der Waals surface area contributed by atoms with E-state index in [0.29, 0.717) is 5.71 Å². The third-order valence-corrected chi connectivity index (χ3v) is 3.48. The normalized spacial score (nSPS) is 12.4. The maximum Gasteiger partial charge on any atom is 0.0837 e. The Balaban J connectivity index is 2.43. The number of hydrogen-bond acceptors (Lipinski definition) is 2. The van der Waals surface area contributed by atoms with Gasteiger partial charge in [-0.1, -0.05) is 29.4 Å². The highest BCUT2D eigenvalue weighted by molar-refractivity contribution is 6.11. The zero-order valence-corrected chi connectivity index (χ0v) is 10.4. The monoisotopic (exact) mass is 238 g/mol. The number of aromatic nitrogens is 1. The number of hydrogen-bond donors (Lipinski definition) is 1. The molecule has 3 heteroatoms. The summed E-state index contributed by atoms with van der Waals surface area (Å²) in [6, 6.07) is 14.4. The zero-order valence-electron chi connectivity index (χ0n) is 10.4. The molecule has 0 bridgehead atoms. The number of nitrogens with zero attached hydrogens (tertiary/aromatic N) is 2. The molecule has 0 radical (unpaired) electrons. The predicted octanol–water partition coefficient (Wildman–Crippen LogP) is 3.53. The Morgan fingerprint density at radius 2 is 1.78 bits per heavy atom. The summed E-state index contributed by atoms with van der Waals surface area (Å²) in [4.78, 5) is 0. The van der Waals surface area contributed by atoms with Crippen LogP contribution in [0.3, 0.4) is 0 Å². The molecule has 1 aromatic heterocycles. The molecule has 0 atom stereocenters. The molecule has 2 aromatic carbocycles. The van der Waals surface area contributed by atoms with Gasteiger partial charge in [0.25, 0.3) is 0 Å². The Kier molecular flexibility index (Phi) is 2.33. The van der Waals surface area contributed by atoms with Crippen molar-refractivity contribution in [3.63, 3.8) is 0 Å². The van der Waals surface area contributed by atoms with Crippen LogP contribution in [0.15, 0.2) is 47.6 Å². The maximum absolute atomic E-state index is 8.86. The third-order valence-electron chi connectivity index (χ3n) is 3.48. The summed E-state index contributed by atoms with van der Waals surface area (Å²) in [6.45, 7) is 1.80.